The van der Waals surface area contributed by atoms with Crippen LogP contribution in [0.2, 0.25) is 0 Å². The summed E-state index contributed by atoms with van der Waals surface area (Å²) in [6, 6.07) is 11.4. The molecule has 2 aromatic rings. The zero-order valence-electron chi connectivity index (χ0n) is 18.2. The number of likely N-dealkylation sites (tertiary alicyclic amines) is 1. The van der Waals surface area contributed by atoms with Crippen LogP contribution in [-0.4, -0.2) is 51.3 Å². The molecule has 0 aliphatic carbocycles. The van der Waals surface area contributed by atoms with E-state index in [1.807, 2.05) is 24.8 Å². The van der Waals surface area contributed by atoms with Crippen molar-refractivity contribution in [2.75, 3.05) is 6.54 Å². The van der Waals surface area contributed by atoms with E-state index in [0.29, 0.717) is 17.9 Å². The fraction of sp³-hybridized carbons (Fsp3) is 0.440. The lowest BCUT2D eigenvalue weighted by Gasteiger charge is -2.54. The molecule has 32 heavy (non-hydrogen) atoms. The molecule has 7 heteroatoms. The van der Waals surface area contributed by atoms with Crippen molar-refractivity contribution in [3.63, 3.8) is 0 Å². The van der Waals surface area contributed by atoms with Crippen LogP contribution in [0, 0.1) is 5.92 Å². The first-order valence-electron chi connectivity index (χ1n) is 11.1. The van der Waals surface area contributed by atoms with Gasteiger partial charge in [-0.1, -0.05) is 12.1 Å². The number of carboxylic acids is 1. The first kappa shape index (κ1) is 20.8. The summed E-state index contributed by atoms with van der Waals surface area (Å²) in [5.41, 5.74) is 0.925. The van der Waals surface area contributed by atoms with Gasteiger partial charge in [0.1, 0.15) is 5.60 Å². The monoisotopic (exact) mass is 437 g/mol. The number of aromatic carboxylic acids is 1. The van der Waals surface area contributed by atoms with Crippen molar-refractivity contribution in [1.82, 2.24) is 4.90 Å². The number of carbonyl (C=O) groups is 2. The molecule has 2 saturated heterocycles. The summed E-state index contributed by atoms with van der Waals surface area (Å²) in [5.74, 6) is -0.504. The molecule has 0 unspecified atom stereocenters. The van der Waals surface area contributed by atoms with Crippen LogP contribution in [0.5, 0.6) is 11.5 Å². The summed E-state index contributed by atoms with van der Waals surface area (Å²) in [4.78, 5) is 26.4. The highest BCUT2D eigenvalue weighted by molar-refractivity contribution is 5.96. The molecule has 0 radical (unpaired) electrons. The number of aromatic hydroxyl groups is 1. The van der Waals surface area contributed by atoms with Crippen LogP contribution >= 0.6 is 0 Å². The zero-order chi connectivity index (χ0) is 22.6. The number of amides is 1. The number of hydrogen-bond acceptors (Lipinski definition) is 5. The van der Waals surface area contributed by atoms with Gasteiger partial charge in [0.15, 0.2) is 11.5 Å². The number of carbonyl (C=O) groups excluding carboxylic acids is 1. The first-order chi connectivity index (χ1) is 15.3. The topological polar surface area (TPSA) is 96.3 Å². The van der Waals surface area contributed by atoms with Gasteiger partial charge in [0.25, 0.3) is 5.91 Å². The molecule has 0 saturated carbocycles. The number of hydrogen-bond donors (Lipinski definition) is 2. The number of carboxylic acid groups (broad SMARTS) is 1. The maximum absolute atomic E-state index is 13.4. The molecule has 7 nitrogen and oxygen atoms in total. The van der Waals surface area contributed by atoms with E-state index < -0.39 is 11.6 Å². The highest BCUT2D eigenvalue weighted by atomic mass is 16.5. The van der Waals surface area contributed by atoms with Crippen molar-refractivity contribution in [1.29, 1.82) is 0 Å². The van der Waals surface area contributed by atoms with Gasteiger partial charge >= 0.3 is 5.97 Å². The minimum absolute atomic E-state index is 0.0147. The van der Waals surface area contributed by atoms with Crippen molar-refractivity contribution in [3.05, 3.63) is 59.2 Å². The Balaban J connectivity index is 1.44. The third-order valence-electron chi connectivity index (χ3n) is 7.13. The lowest BCUT2D eigenvalue weighted by Crippen LogP contribution is -2.60. The van der Waals surface area contributed by atoms with Crippen molar-refractivity contribution < 1.29 is 29.3 Å². The average Bonchev–Trinajstić information content (AvgIpc) is 2.78. The molecule has 168 valence electrons. The maximum atomic E-state index is 13.4. The normalized spacial score (nSPS) is 28.0. The fourth-order valence-electron chi connectivity index (χ4n) is 5.45. The Bertz CT molecular complexity index is 1060. The number of rotatable bonds is 2. The Morgan fingerprint density at radius 3 is 2.53 bits per heavy atom. The molecule has 3 heterocycles. The van der Waals surface area contributed by atoms with Crippen LogP contribution in [0.4, 0.5) is 0 Å². The van der Waals surface area contributed by atoms with Crippen molar-refractivity contribution in [2.45, 2.75) is 57.0 Å². The Kier molecular flexibility index (Phi) is 4.89. The largest absolute Gasteiger partial charge is 0.504 e. The molecule has 2 N–H and O–H groups in total. The van der Waals surface area contributed by atoms with E-state index in [-0.39, 0.29) is 41.4 Å². The highest BCUT2D eigenvalue weighted by Crippen LogP contribution is 2.54. The SMILES string of the molecule is CC1(C)Oc2c(O)cccc2[C@H]2O[C@H]3CCCN(C(=O)c4ccc(C(=O)O)cc4)[C@H]3C[C@@H]21. The summed E-state index contributed by atoms with van der Waals surface area (Å²) < 4.78 is 12.8. The van der Waals surface area contributed by atoms with Crippen molar-refractivity contribution in [2.24, 2.45) is 5.92 Å². The Labute approximate surface area is 186 Å². The van der Waals surface area contributed by atoms with Gasteiger partial charge in [-0.3, -0.25) is 4.79 Å². The van der Waals surface area contributed by atoms with E-state index in [1.54, 1.807) is 24.3 Å². The molecular weight excluding hydrogens is 410 g/mol. The summed E-state index contributed by atoms with van der Waals surface area (Å²) in [6.45, 7) is 4.65. The molecule has 2 fully saturated rings. The van der Waals surface area contributed by atoms with Gasteiger partial charge in [0, 0.05) is 23.6 Å². The molecule has 0 aromatic heterocycles. The number of para-hydroxylation sites is 1. The van der Waals surface area contributed by atoms with E-state index in [1.165, 1.54) is 12.1 Å². The van der Waals surface area contributed by atoms with Gasteiger partial charge < -0.3 is 24.6 Å². The second-order valence-corrected chi connectivity index (χ2v) is 9.43. The van der Waals surface area contributed by atoms with Crippen LogP contribution < -0.4 is 4.74 Å². The molecule has 0 spiro atoms. The number of phenols is 1. The molecule has 3 aliphatic heterocycles. The standard InChI is InChI=1S/C25H27NO6/c1-25(2)17-13-18-20(31-21(17)16-5-3-6-19(27)22(16)32-25)7-4-12-26(18)23(28)14-8-10-15(11-9-14)24(29)30/h3,5-6,8-11,17-18,20-21,27H,4,7,12-13H2,1-2H3,(H,29,30)/t17-,18-,20-,21+/m0/s1. The van der Waals surface area contributed by atoms with Crippen LogP contribution in [-0.2, 0) is 4.74 Å². The smallest absolute Gasteiger partial charge is 0.335 e. The fourth-order valence-corrected chi connectivity index (χ4v) is 5.45. The van der Waals surface area contributed by atoms with Crippen molar-refractivity contribution >= 4 is 11.9 Å². The average molecular weight is 437 g/mol. The number of phenolic OH excluding ortho intramolecular Hbond substituents is 1. The second-order valence-electron chi connectivity index (χ2n) is 9.43. The molecule has 1 amide bonds. The van der Waals surface area contributed by atoms with Gasteiger partial charge in [-0.25, -0.2) is 4.79 Å². The van der Waals surface area contributed by atoms with Crippen LogP contribution in [0.1, 0.15) is 65.5 Å². The Morgan fingerprint density at radius 1 is 1.09 bits per heavy atom. The number of nitrogens with zero attached hydrogens (tertiary/aromatic N) is 1. The van der Waals surface area contributed by atoms with E-state index in [0.717, 1.165) is 24.8 Å². The van der Waals surface area contributed by atoms with E-state index >= 15 is 0 Å². The lowest BCUT2D eigenvalue weighted by molar-refractivity contribution is -0.184. The Hall–Kier alpha value is -3.06. The van der Waals surface area contributed by atoms with Gasteiger partial charge in [-0.15, -0.1) is 0 Å². The third kappa shape index (κ3) is 3.32. The molecule has 4 atom stereocenters. The summed E-state index contributed by atoms with van der Waals surface area (Å²) in [6.07, 6.45) is 2.13. The summed E-state index contributed by atoms with van der Waals surface area (Å²) in [7, 11) is 0. The van der Waals surface area contributed by atoms with Gasteiger partial charge in [-0.2, -0.15) is 0 Å². The predicted octanol–water partition coefficient (Wildman–Crippen LogP) is 4.01. The lowest BCUT2D eigenvalue weighted by atomic mass is 9.72. The number of benzene rings is 2. The van der Waals surface area contributed by atoms with Gasteiger partial charge in [0.05, 0.1) is 23.8 Å². The van der Waals surface area contributed by atoms with Crippen LogP contribution in [0.25, 0.3) is 0 Å². The first-order valence-corrected chi connectivity index (χ1v) is 11.1. The Morgan fingerprint density at radius 2 is 1.81 bits per heavy atom. The number of piperidine rings is 1. The molecule has 5 rings (SSSR count). The summed E-state index contributed by atoms with van der Waals surface area (Å²) >= 11 is 0. The number of fused-ring (bicyclic) bond motifs is 4. The molecular formula is C25H27NO6. The van der Waals surface area contributed by atoms with Crippen LogP contribution in [0.15, 0.2) is 42.5 Å². The van der Waals surface area contributed by atoms with Crippen LogP contribution in [0.3, 0.4) is 0 Å². The van der Waals surface area contributed by atoms with Gasteiger partial charge in [0.2, 0.25) is 0 Å². The minimum Gasteiger partial charge on any atom is -0.504 e. The van der Waals surface area contributed by atoms with E-state index in [2.05, 4.69) is 0 Å². The van der Waals surface area contributed by atoms with E-state index in [9.17, 15) is 14.7 Å². The summed E-state index contributed by atoms with van der Waals surface area (Å²) in [5, 5.41) is 19.5. The highest BCUT2D eigenvalue weighted by Gasteiger charge is 2.53. The maximum Gasteiger partial charge on any atom is 0.335 e. The van der Waals surface area contributed by atoms with E-state index in [4.69, 9.17) is 14.6 Å². The molecule has 0 bridgehead atoms. The second kappa shape index (κ2) is 7.52. The van der Waals surface area contributed by atoms with Gasteiger partial charge in [-0.05, 0) is 63.4 Å². The molecule has 2 aromatic carbocycles. The quantitative estimate of drug-likeness (QED) is 0.737. The number of ether oxygens (including phenoxy) is 2. The van der Waals surface area contributed by atoms with Crippen molar-refractivity contribution in [3.8, 4) is 11.5 Å². The predicted molar refractivity (Wildman–Crippen MR) is 116 cm³/mol. The minimum atomic E-state index is -1.01. The molecule has 3 aliphatic rings. The third-order valence-corrected chi connectivity index (χ3v) is 7.13. The zero-order valence-corrected chi connectivity index (χ0v) is 18.2.